The van der Waals surface area contributed by atoms with Gasteiger partial charge in [-0.3, -0.25) is 14.5 Å². The SMILES string of the molecule is CCN(CC(=O)O)C1CCN(C(=O)C2CC2c2cccc(F)c2F)CC1. The molecule has 1 saturated heterocycles. The van der Waals surface area contributed by atoms with E-state index in [4.69, 9.17) is 5.11 Å². The van der Waals surface area contributed by atoms with Crippen molar-refractivity contribution in [1.82, 2.24) is 9.80 Å². The van der Waals surface area contributed by atoms with Gasteiger partial charge in [-0.05, 0) is 43.4 Å². The van der Waals surface area contributed by atoms with Crippen molar-refractivity contribution in [2.75, 3.05) is 26.2 Å². The fourth-order valence-electron chi connectivity index (χ4n) is 3.98. The van der Waals surface area contributed by atoms with Gasteiger partial charge in [0.15, 0.2) is 11.6 Å². The fraction of sp³-hybridized carbons (Fsp3) is 0.579. The van der Waals surface area contributed by atoms with Gasteiger partial charge < -0.3 is 10.0 Å². The molecule has 1 aliphatic carbocycles. The van der Waals surface area contributed by atoms with E-state index < -0.39 is 17.6 Å². The summed E-state index contributed by atoms with van der Waals surface area (Å²) in [7, 11) is 0. The number of piperidine rings is 1. The molecule has 0 bridgehead atoms. The van der Waals surface area contributed by atoms with E-state index in [9.17, 15) is 18.4 Å². The standard InChI is InChI=1S/C19H24F2N2O3/c1-2-22(11-17(24)25)12-6-8-23(9-7-12)19(26)15-10-14(15)13-4-3-5-16(20)18(13)21/h3-5,12,14-15H,2,6-11H2,1H3,(H,24,25). The number of halogens is 2. The summed E-state index contributed by atoms with van der Waals surface area (Å²) in [5, 5.41) is 8.98. The number of carbonyl (C=O) groups excluding carboxylic acids is 1. The molecule has 2 unspecified atom stereocenters. The first-order valence-electron chi connectivity index (χ1n) is 9.10. The minimum atomic E-state index is -0.875. The lowest BCUT2D eigenvalue weighted by Gasteiger charge is -2.37. The van der Waals surface area contributed by atoms with Gasteiger partial charge in [-0.15, -0.1) is 0 Å². The van der Waals surface area contributed by atoms with Gasteiger partial charge >= 0.3 is 5.97 Å². The molecule has 1 N–H and O–H groups in total. The Hall–Kier alpha value is -2.02. The van der Waals surface area contributed by atoms with Gasteiger partial charge in [-0.25, -0.2) is 8.78 Å². The molecule has 2 aliphatic rings. The molecule has 0 spiro atoms. The number of carbonyl (C=O) groups is 2. The highest BCUT2D eigenvalue weighted by Crippen LogP contribution is 2.49. The molecule has 2 atom stereocenters. The highest BCUT2D eigenvalue weighted by Gasteiger charge is 2.47. The number of nitrogens with zero attached hydrogens (tertiary/aromatic N) is 2. The zero-order chi connectivity index (χ0) is 18.8. The van der Waals surface area contributed by atoms with Crippen LogP contribution in [0.2, 0.25) is 0 Å². The third-order valence-corrected chi connectivity index (χ3v) is 5.53. The lowest BCUT2D eigenvalue weighted by atomic mass is 10.0. The highest BCUT2D eigenvalue weighted by molar-refractivity contribution is 5.83. The van der Waals surface area contributed by atoms with Gasteiger partial charge in [-0.2, -0.15) is 0 Å². The molecule has 1 aromatic rings. The maximum absolute atomic E-state index is 13.9. The molecule has 1 amide bonds. The second-order valence-corrected chi connectivity index (χ2v) is 7.11. The summed E-state index contributed by atoms with van der Waals surface area (Å²) in [4.78, 5) is 27.3. The zero-order valence-corrected chi connectivity index (χ0v) is 14.8. The van der Waals surface area contributed by atoms with Crippen LogP contribution in [0.1, 0.15) is 37.7 Å². The van der Waals surface area contributed by atoms with Crippen LogP contribution in [0.3, 0.4) is 0 Å². The third-order valence-electron chi connectivity index (χ3n) is 5.53. The van der Waals surface area contributed by atoms with Crippen LogP contribution in [-0.2, 0) is 9.59 Å². The Balaban J connectivity index is 1.55. The molecule has 1 aliphatic heterocycles. The smallest absolute Gasteiger partial charge is 0.317 e. The second kappa shape index (κ2) is 7.70. The molecule has 26 heavy (non-hydrogen) atoms. The van der Waals surface area contributed by atoms with E-state index in [1.54, 1.807) is 11.0 Å². The number of benzene rings is 1. The molecule has 1 aromatic carbocycles. The van der Waals surface area contributed by atoms with E-state index in [-0.39, 0.29) is 35.9 Å². The topological polar surface area (TPSA) is 60.9 Å². The number of rotatable bonds is 6. The number of carboxylic acids is 1. The molecule has 0 aromatic heterocycles. The van der Waals surface area contributed by atoms with Gasteiger partial charge in [-0.1, -0.05) is 19.1 Å². The summed E-state index contributed by atoms with van der Waals surface area (Å²) in [5.41, 5.74) is 0.289. The van der Waals surface area contributed by atoms with Crippen LogP contribution in [-0.4, -0.2) is 59.0 Å². The van der Waals surface area contributed by atoms with Crippen LogP contribution in [0.4, 0.5) is 8.78 Å². The van der Waals surface area contributed by atoms with Gasteiger partial charge in [0.25, 0.3) is 0 Å². The predicted molar refractivity (Wildman–Crippen MR) is 91.7 cm³/mol. The number of likely N-dealkylation sites (N-methyl/N-ethyl adjacent to an activating group) is 1. The molecule has 2 fully saturated rings. The van der Waals surface area contributed by atoms with E-state index in [0.717, 1.165) is 18.9 Å². The van der Waals surface area contributed by atoms with Crippen molar-refractivity contribution in [2.24, 2.45) is 5.92 Å². The molecule has 1 saturated carbocycles. The minimum absolute atomic E-state index is 0.00149. The Morgan fingerprint density at radius 1 is 1.27 bits per heavy atom. The van der Waals surface area contributed by atoms with Crippen molar-refractivity contribution in [3.8, 4) is 0 Å². The molecule has 1 heterocycles. The van der Waals surface area contributed by atoms with Crippen LogP contribution in [0.5, 0.6) is 0 Å². The number of likely N-dealkylation sites (tertiary alicyclic amines) is 1. The Kier molecular flexibility index (Phi) is 5.55. The number of hydrogen-bond acceptors (Lipinski definition) is 3. The van der Waals surface area contributed by atoms with Crippen LogP contribution in [0.25, 0.3) is 0 Å². The molecular formula is C19H24F2N2O3. The van der Waals surface area contributed by atoms with Crippen molar-refractivity contribution in [3.63, 3.8) is 0 Å². The Bertz CT molecular complexity index is 689. The number of amides is 1. The van der Waals surface area contributed by atoms with Gasteiger partial charge in [0.2, 0.25) is 5.91 Å². The van der Waals surface area contributed by atoms with Crippen molar-refractivity contribution in [1.29, 1.82) is 0 Å². The fourth-order valence-corrected chi connectivity index (χ4v) is 3.98. The molecule has 5 nitrogen and oxygen atoms in total. The molecule has 0 radical (unpaired) electrons. The third kappa shape index (κ3) is 3.87. The molecule has 3 rings (SSSR count). The van der Waals surface area contributed by atoms with Crippen LogP contribution in [0.15, 0.2) is 18.2 Å². The monoisotopic (exact) mass is 366 g/mol. The summed E-state index contributed by atoms with van der Waals surface area (Å²) in [6, 6.07) is 4.27. The molecular weight excluding hydrogens is 342 g/mol. The summed E-state index contributed by atoms with van der Waals surface area (Å²) in [5.74, 6) is -3.08. The van der Waals surface area contributed by atoms with Gasteiger partial charge in [0.1, 0.15) is 0 Å². The van der Waals surface area contributed by atoms with E-state index in [0.29, 0.717) is 26.1 Å². The predicted octanol–water partition coefficient (Wildman–Crippen LogP) is 2.47. The van der Waals surface area contributed by atoms with Crippen molar-refractivity contribution < 1.29 is 23.5 Å². The Morgan fingerprint density at radius 2 is 1.96 bits per heavy atom. The first kappa shape index (κ1) is 18.8. The summed E-state index contributed by atoms with van der Waals surface area (Å²) < 4.78 is 27.3. The lowest BCUT2D eigenvalue weighted by molar-refractivity contribution is -0.140. The Labute approximate surface area is 151 Å². The summed E-state index contributed by atoms with van der Waals surface area (Å²) >= 11 is 0. The van der Waals surface area contributed by atoms with E-state index in [2.05, 4.69) is 0 Å². The molecule has 7 heteroatoms. The van der Waals surface area contributed by atoms with E-state index in [1.165, 1.54) is 6.07 Å². The minimum Gasteiger partial charge on any atom is -0.480 e. The van der Waals surface area contributed by atoms with E-state index in [1.807, 2.05) is 11.8 Å². The van der Waals surface area contributed by atoms with Crippen molar-refractivity contribution >= 4 is 11.9 Å². The van der Waals surface area contributed by atoms with Crippen molar-refractivity contribution in [3.05, 3.63) is 35.4 Å². The Morgan fingerprint density at radius 3 is 2.58 bits per heavy atom. The first-order chi connectivity index (χ1) is 12.4. The van der Waals surface area contributed by atoms with Crippen LogP contribution in [0, 0.1) is 17.6 Å². The highest BCUT2D eigenvalue weighted by atomic mass is 19.2. The average molecular weight is 366 g/mol. The number of hydrogen-bond donors (Lipinski definition) is 1. The van der Waals surface area contributed by atoms with E-state index >= 15 is 0 Å². The summed E-state index contributed by atoms with van der Waals surface area (Å²) in [6.07, 6.45) is 2.02. The average Bonchev–Trinajstić information content (AvgIpc) is 3.42. The summed E-state index contributed by atoms with van der Waals surface area (Å²) in [6.45, 7) is 3.76. The zero-order valence-electron chi connectivity index (χ0n) is 14.8. The maximum atomic E-state index is 13.9. The number of aliphatic carboxylic acids is 1. The lowest BCUT2D eigenvalue weighted by Crippen LogP contribution is -2.48. The largest absolute Gasteiger partial charge is 0.480 e. The first-order valence-corrected chi connectivity index (χ1v) is 9.10. The normalized spacial score (nSPS) is 23.3. The quantitative estimate of drug-likeness (QED) is 0.840. The second-order valence-electron chi connectivity index (χ2n) is 7.11. The van der Waals surface area contributed by atoms with Crippen LogP contribution >= 0.6 is 0 Å². The molecule has 142 valence electrons. The van der Waals surface area contributed by atoms with Crippen molar-refractivity contribution in [2.45, 2.75) is 38.1 Å². The maximum Gasteiger partial charge on any atom is 0.317 e. The van der Waals surface area contributed by atoms with Gasteiger partial charge in [0, 0.05) is 25.0 Å². The van der Waals surface area contributed by atoms with Crippen LogP contribution < -0.4 is 0 Å². The van der Waals surface area contributed by atoms with Gasteiger partial charge in [0.05, 0.1) is 6.54 Å². The number of carboxylic acid groups (broad SMARTS) is 1.